The standard InChI is InChI=1S/C14H16O3S/c1-2-18(15,16)11-10-17-14-9-5-7-12-6-3-4-8-13(12)14/h3-9H,2,10-11H2,1H3. The maximum absolute atomic E-state index is 11.4. The van der Waals surface area contributed by atoms with E-state index in [1.54, 1.807) is 6.92 Å². The van der Waals surface area contributed by atoms with E-state index in [1.165, 1.54) is 0 Å². The summed E-state index contributed by atoms with van der Waals surface area (Å²) in [6.45, 7) is 1.84. The van der Waals surface area contributed by atoms with Gasteiger partial charge in [-0.1, -0.05) is 43.3 Å². The van der Waals surface area contributed by atoms with Crippen molar-refractivity contribution in [2.45, 2.75) is 6.92 Å². The van der Waals surface area contributed by atoms with Crippen molar-refractivity contribution >= 4 is 20.6 Å². The van der Waals surface area contributed by atoms with Crippen LogP contribution in [0.25, 0.3) is 10.8 Å². The van der Waals surface area contributed by atoms with Gasteiger partial charge in [0.05, 0.1) is 5.75 Å². The summed E-state index contributed by atoms with van der Waals surface area (Å²) >= 11 is 0. The van der Waals surface area contributed by atoms with Crippen LogP contribution in [0.2, 0.25) is 0 Å². The summed E-state index contributed by atoms with van der Waals surface area (Å²) in [5.74, 6) is 0.956. The fraction of sp³-hybridized carbons (Fsp3) is 0.286. The van der Waals surface area contributed by atoms with Crippen LogP contribution in [0.1, 0.15) is 6.92 Å². The number of benzene rings is 2. The van der Waals surface area contributed by atoms with Crippen molar-refractivity contribution in [1.82, 2.24) is 0 Å². The molecule has 0 unspecified atom stereocenters. The lowest BCUT2D eigenvalue weighted by Gasteiger charge is -2.09. The number of ether oxygens (including phenoxy) is 1. The molecule has 0 atom stereocenters. The molecule has 0 aliphatic rings. The summed E-state index contributed by atoms with van der Waals surface area (Å²) in [5.41, 5.74) is 0. The molecule has 0 fully saturated rings. The molecule has 18 heavy (non-hydrogen) atoms. The van der Waals surface area contributed by atoms with Crippen LogP contribution >= 0.6 is 0 Å². The Labute approximate surface area is 107 Å². The summed E-state index contributed by atoms with van der Waals surface area (Å²) in [5, 5.41) is 2.10. The van der Waals surface area contributed by atoms with Crippen LogP contribution in [0.4, 0.5) is 0 Å². The van der Waals surface area contributed by atoms with E-state index in [9.17, 15) is 8.42 Å². The van der Waals surface area contributed by atoms with Crippen LogP contribution in [0.3, 0.4) is 0 Å². The molecular formula is C14H16O3S. The van der Waals surface area contributed by atoms with E-state index in [4.69, 9.17) is 4.74 Å². The fourth-order valence-corrected chi connectivity index (χ4v) is 2.37. The molecule has 3 nitrogen and oxygen atoms in total. The lowest BCUT2D eigenvalue weighted by Crippen LogP contribution is -2.15. The quantitative estimate of drug-likeness (QED) is 0.834. The molecule has 0 aliphatic carbocycles. The van der Waals surface area contributed by atoms with E-state index in [1.807, 2.05) is 42.5 Å². The van der Waals surface area contributed by atoms with Gasteiger partial charge in [0.1, 0.15) is 12.4 Å². The van der Waals surface area contributed by atoms with Gasteiger partial charge in [0.15, 0.2) is 9.84 Å². The molecule has 2 aromatic carbocycles. The van der Waals surface area contributed by atoms with E-state index in [-0.39, 0.29) is 18.1 Å². The molecule has 0 saturated carbocycles. The first-order valence-corrected chi connectivity index (χ1v) is 7.75. The summed E-state index contributed by atoms with van der Waals surface area (Å²) in [7, 11) is -2.97. The van der Waals surface area contributed by atoms with Crippen molar-refractivity contribution in [3.63, 3.8) is 0 Å². The Kier molecular flexibility index (Phi) is 3.87. The van der Waals surface area contributed by atoms with Gasteiger partial charge in [0.25, 0.3) is 0 Å². The van der Waals surface area contributed by atoms with Crippen molar-refractivity contribution in [3.05, 3.63) is 42.5 Å². The first-order valence-electron chi connectivity index (χ1n) is 5.93. The maximum atomic E-state index is 11.4. The largest absolute Gasteiger partial charge is 0.492 e. The van der Waals surface area contributed by atoms with E-state index < -0.39 is 9.84 Å². The van der Waals surface area contributed by atoms with E-state index >= 15 is 0 Å². The van der Waals surface area contributed by atoms with Crippen LogP contribution in [-0.2, 0) is 9.84 Å². The average molecular weight is 264 g/mol. The Hall–Kier alpha value is -1.55. The highest BCUT2D eigenvalue weighted by Gasteiger charge is 2.08. The summed E-state index contributed by atoms with van der Waals surface area (Å²) in [6.07, 6.45) is 0. The molecule has 0 amide bonds. The van der Waals surface area contributed by atoms with E-state index in [2.05, 4.69) is 0 Å². The lowest BCUT2D eigenvalue weighted by atomic mass is 10.1. The Morgan fingerprint density at radius 2 is 1.78 bits per heavy atom. The number of hydrogen-bond donors (Lipinski definition) is 0. The average Bonchev–Trinajstić information content (AvgIpc) is 2.39. The SMILES string of the molecule is CCS(=O)(=O)CCOc1cccc2ccccc12. The van der Waals surface area contributed by atoms with Gasteiger partial charge in [0.2, 0.25) is 0 Å². The number of sulfone groups is 1. The minimum Gasteiger partial charge on any atom is -0.492 e. The first-order chi connectivity index (χ1) is 8.62. The molecule has 0 spiro atoms. The Balaban J connectivity index is 2.13. The third-order valence-electron chi connectivity index (χ3n) is 2.84. The highest BCUT2D eigenvalue weighted by atomic mass is 32.2. The normalized spacial score (nSPS) is 11.6. The second kappa shape index (κ2) is 5.40. The predicted molar refractivity (Wildman–Crippen MR) is 73.8 cm³/mol. The van der Waals surface area contributed by atoms with Gasteiger partial charge >= 0.3 is 0 Å². The van der Waals surface area contributed by atoms with Crippen LogP contribution < -0.4 is 4.74 Å². The molecule has 0 aliphatic heterocycles. The van der Waals surface area contributed by atoms with Crippen LogP contribution in [0.15, 0.2) is 42.5 Å². The highest BCUT2D eigenvalue weighted by Crippen LogP contribution is 2.24. The van der Waals surface area contributed by atoms with Gasteiger partial charge in [-0.2, -0.15) is 0 Å². The van der Waals surface area contributed by atoms with E-state index in [0.717, 1.165) is 16.5 Å². The molecule has 96 valence electrons. The van der Waals surface area contributed by atoms with Crippen molar-refractivity contribution in [1.29, 1.82) is 0 Å². The lowest BCUT2D eigenvalue weighted by molar-refractivity contribution is 0.345. The van der Waals surface area contributed by atoms with Gasteiger partial charge in [-0.25, -0.2) is 8.42 Å². The Morgan fingerprint density at radius 3 is 2.56 bits per heavy atom. The van der Waals surface area contributed by atoms with Crippen molar-refractivity contribution in [3.8, 4) is 5.75 Å². The topological polar surface area (TPSA) is 43.4 Å². The number of fused-ring (bicyclic) bond motifs is 1. The third-order valence-corrected chi connectivity index (χ3v) is 4.51. The van der Waals surface area contributed by atoms with Gasteiger partial charge in [0, 0.05) is 11.1 Å². The second-order valence-electron chi connectivity index (χ2n) is 4.06. The summed E-state index contributed by atoms with van der Waals surface area (Å²) in [6, 6.07) is 13.7. The van der Waals surface area contributed by atoms with Crippen LogP contribution in [0, 0.1) is 0 Å². The maximum Gasteiger partial charge on any atom is 0.153 e. The number of hydrogen-bond acceptors (Lipinski definition) is 3. The molecule has 0 radical (unpaired) electrons. The zero-order chi connectivity index (χ0) is 13.0. The highest BCUT2D eigenvalue weighted by molar-refractivity contribution is 7.91. The van der Waals surface area contributed by atoms with Gasteiger partial charge in [-0.15, -0.1) is 0 Å². The Morgan fingerprint density at radius 1 is 1.06 bits per heavy atom. The molecule has 2 aromatic rings. The fourth-order valence-electron chi connectivity index (χ4n) is 1.74. The van der Waals surface area contributed by atoms with Gasteiger partial charge in [-0.05, 0) is 11.5 Å². The van der Waals surface area contributed by atoms with Crippen molar-refractivity contribution in [2.24, 2.45) is 0 Å². The van der Waals surface area contributed by atoms with Crippen LogP contribution in [0.5, 0.6) is 5.75 Å². The molecule has 0 heterocycles. The summed E-state index contributed by atoms with van der Waals surface area (Å²) in [4.78, 5) is 0. The van der Waals surface area contributed by atoms with Crippen molar-refractivity contribution < 1.29 is 13.2 Å². The van der Waals surface area contributed by atoms with Crippen LogP contribution in [-0.4, -0.2) is 26.5 Å². The zero-order valence-corrected chi connectivity index (χ0v) is 11.1. The predicted octanol–water partition coefficient (Wildman–Crippen LogP) is 2.65. The molecule has 4 heteroatoms. The van der Waals surface area contributed by atoms with E-state index in [0.29, 0.717) is 0 Å². The molecule has 2 rings (SSSR count). The molecule has 0 aromatic heterocycles. The molecule has 0 saturated heterocycles. The van der Waals surface area contributed by atoms with Gasteiger partial charge in [-0.3, -0.25) is 0 Å². The molecular weight excluding hydrogens is 248 g/mol. The monoisotopic (exact) mass is 264 g/mol. The zero-order valence-electron chi connectivity index (χ0n) is 10.3. The summed E-state index contributed by atoms with van der Waals surface area (Å²) < 4.78 is 28.3. The Bertz CT molecular complexity index is 627. The second-order valence-corrected chi connectivity index (χ2v) is 6.53. The third kappa shape index (κ3) is 3.01. The van der Waals surface area contributed by atoms with Crippen molar-refractivity contribution in [2.75, 3.05) is 18.1 Å². The molecule has 0 bridgehead atoms. The minimum absolute atomic E-state index is 0.0622. The first kappa shape index (κ1) is 12.9. The van der Waals surface area contributed by atoms with Gasteiger partial charge < -0.3 is 4.74 Å². The smallest absolute Gasteiger partial charge is 0.153 e. The molecule has 0 N–H and O–H groups in total. The number of rotatable bonds is 5. The minimum atomic E-state index is -2.97.